The molecule has 28 heavy (non-hydrogen) atoms. The van der Waals surface area contributed by atoms with Gasteiger partial charge in [-0.25, -0.2) is 18.8 Å². The van der Waals surface area contributed by atoms with Crippen LogP contribution in [0, 0.1) is 0 Å². The number of amides is 1. The number of carbonyl (C=O) groups is 1. The zero-order chi connectivity index (χ0) is 20.3. The van der Waals surface area contributed by atoms with Crippen molar-refractivity contribution >= 4 is 28.5 Å². The molecule has 0 aliphatic carbocycles. The van der Waals surface area contributed by atoms with Crippen molar-refractivity contribution in [2.45, 2.75) is 30.8 Å². The van der Waals surface area contributed by atoms with E-state index in [9.17, 15) is 13.6 Å². The van der Waals surface area contributed by atoms with Crippen LogP contribution >= 0.6 is 11.8 Å². The van der Waals surface area contributed by atoms with E-state index in [0.717, 1.165) is 0 Å². The van der Waals surface area contributed by atoms with Crippen molar-refractivity contribution in [1.82, 2.24) is 4.98 Å². The van der Waals surface area contributed by atoms with Crippen molar-refractivity contribution < 1.29 is 18.3 Å². The van der Waals surface area contributed by atoms with Crippen LogP contribution in [-0.4, -0.2) is 34.3 Å². The third-order valence-electron chi connectivity index (χ3n) is 4.49. The zero-order valence-corrected chi connectivity index (χ0v) is 16.2. The quantitative estimate of drug-likeness (QED) is 0.791. The van der Waals surface area contributed by atoms with Crippen molar-refractivity contribution in [3.05, 3.63) is 53.9 Å². The molecule has 0 saturated heterocycles. The average Bonchev–Trinajstić information content (AvgIpc) is 2.67. The molecule has 1 amide bonds. The summed E-state index contributed by atoms with van der Waals surface area (Å²) >= 11 is 1.20. The highest BCUT2D eigenvalue weighted by Crippen LogP contribution is 2.41. The lowest BCUT2D eigenvalue weighted by Gasteiger charge is -2.37. The fourth-order valence-corrected chi connectivity index (χ4v) is 4.03. The Morgan fingerprint density at radius 1 is 1.39 bits per heavy atom. The minimum atomic E-state index is -1.24. The SMILES string of the molecule is C[C@H]1SC(N)=N[C@](C)(c2cccc(NC(=O)c3ccc(OCF)cn3)c2)[C@H]1F. The summed E-state index contributed by atoms with van der Waals surface area (Å²) in [4.78, 5) is 20.7. The number of rotatable bonds is 5. The predicted octanol–water partition coefficient (Wildman–Crippen LogP) is 3.64. The molecule has 0 saturated carbocycles. The van der Waals surface area contributed by atoms with Gasteiger partial charge in [-0.3, -0.25) is 4.79 Å². The second-order valence-electron chi connectivity index (χ2n) is 6.49. The topological polar surface area (TPSA) is 89.6 Å². The lowest BCUT2D eigenvalue weighted by Crippen LogP contribution is -2.43. The predicted molar refractivity (Wildman–Crippen MR) is 106 cm³/mol. The van der Waals surface area contributed by atoms with Crippen molar-refractivity contribution in [1.29, 1.82) is 0 Å². The molecule has 0 spiro atoms. The lowest BCUT2D eigenvalue weighted by molar-refractivity contribution is 0.102. The lowest BCUT2D eigenvalue weighted by atomic mass is 9.86. The van der Waals surface area contributed by atoms with Gasteiger partial charge in [-0.1, -0.05) is 23.9 Å². The molecule has 148 valence electrons. The molecule has 1 aliphatic rings. The molecule has 1 aromatic carbocycles. The number of pyridine rings is 1. The van der Waals surface area contributed by atoms with Crippen molar-refractivity contribution in [3.8, 4) is 5.75 Å². The summed E-state index contributed by atoms with van der Waals surface area (Å²) in [5.74, 6) is -0.232. The Kier molecular flexibility index (Phi) is 5.83. The van der Waals surface area contributed by atoms with Crippen LogP contribution in [0.5, 0.6) is 5.75 Å². The van der Waals surface area contributed by atoms with E-state index in [1.165, 1.54) is 30.1 Å². The van der Waals surface area contributed by atoms with Gasteiger partial charge < -0.3 is 15.8 Å². The van der Waals surface area contributed by atoms with Crippen LogP contribution in [0.3, 0.4) is 0 Å². The number of halogens is 2. The van der Waals surface area contributed by atoms with E-state index in [0.29, 0.717) is 16.4 Å². The van der Waals surface area contributed by atoms with Gasteiger partial charge in [0.05, 0.1) is 6.20 Å². The maximum atomic E-state index is 14.9. The average molecular weight is 406 g/mol. The number of anilines is 1. The Hall–Kier alpha value is -2.68. The maximum Gasteiger partial charge on any atom is 0.274 e. The molecule has 2 heterocycles. The Bertz CT molecular complexity index is 894. The molecule has 3 rings (SSSR count). The largest absolute Gasteiger partial charge is 0.461 e. The minimum Gasteiger partial charge on any atom is -0.461 e. The number of ether oxygens (including phenoxy) is 1. The molecule has 0 bridgehead atoms. The number of carbonyl (C=O) groups excluding carboxylic acids is 1. The third-order valence-corrected chi connectivity index (χ3v) is 5.44. The number of amidine groups is 1. The van der Waals surface area contributed by atoms with Gasteiger partial charge in [0.1, 0.15) is 23.2 Å². The van der Waals surface area contributed by atoms with Gasteiger partial charge in [0, 0.05) is 10.9 Å². The minimum absolute atomic E-state index is 0.135. The van der Waals surface area contributed by atoms with Gasteiger partial charge in [-0.2, -0.15) is 0 Å². The summed E-state index contributed by atoms with van der Waals surface area (Å²) in [5, 5.41) is 2.71. The van der Waals surface area contributed by atoms with Crippen molar-refractivity contribution in [2.24, 2.45) is 10.7 Å². The number of aromatic nitrogens is 1. The number of hydrogen-bond acceptors (Lipinski definition) is 6. The second-order valence-corrected chi connectivity index (χ2v) is 7.89. The van der Waals surface area contributed by atoms with Crippen LogP contribution in [0.4, 0.5) is 14.5 Å². The summed E-state index contributed by atoms with van der Waals surface area (Å²) < 4.78 is 31.7. The van der Waals surface area contributed by atoms with Crippen LogP contribution in [0.25, 0.3) is 0 Å². The summed E-state index contributed by atoms with van der Waals surface area (Å²) in [6, 6.07) is 9.70. The van der Waals surface area contributed by atoms with E-state index in [1.54, 1.807) is 38.1 Å². The third kappa shape index (κ3) is 4.09. The standard InChI is InChI=1S/C19H20F2N4O2S/c1-11-16(21)19(2,25-18(22)28-11)12-4-3-5-13(8-12)24-17(26)15-7-6-14(9-23-15)27-10-20/h3-9,11,16H,10H2,1-2H3,(H2,22,25)(H,24,26)/t11-,16+,19-/m1/s1. The zero-order valence-electron chi connectivity index (χ0n) is 15.4. The fourth-order valence-electron chi connectivity index (χ4n) is 3.02. The molecular formula is C19H20F2N4O2S. The Labute approximate surface area is 165 Å². The maximum absolute atomic E-state index is 14.9. The van der Waals surface area contributed by atoms with E-state index < -0.39 is 24.5 Å². The highest BCUT2D eigenvalue weighted by atomic mass is 32.2. The number of nitrogens with one attached hydrogen (secondary N) is 1. The first kappa shape index (κ1) is 20.1. The highest BCUT2D eigenvalue weighted by Gasteiger charge is 2.43. The first-order valence-electron chi connectivity index (χ1n) is 8.56. The Morgan fingerprint density at radius 2 is 2.18 bits per heavy atom. The highest BCUT2D eigenvalue weighted by molar-refractivity contribution is 8.14. The van der Waals surface area contributed by atoms with Gasteiger partial charge in [0.2, 0.25) is 6.86 Å². The van der Waals surface area contributed by atoms with Gasteiger partial charge in [0.25, 0.3) is 5.91 Å². The molecular weight excluding hydrogens is 386 g/mol. The summed E-state index contributed by atoms with van der Waals surface area (Å²) in [6.07, 6.45) is 0.0264. The Morgan fingerprint density at radius 3 is 2.86 bits per heavy atom. The van der Waals surface area contributed by atoms with E-state index in [-0.39, 0.29) is 16.7 Å². The fraction of sp³-hybridized carbons (Fsp3) is 0.316. The van der Waals surface area contributed by atoms with Crippen LogP contribution in [0.15, 0.2) is 47.6 Å². The first-order valence-corrected chi connectivity index (χ1v) is 9.44. The number of hydrogen-bond donors (Lipinski definition) is 2. The van der Waals surface area contributed by atoms with Crippen molar-refractivity contribution in [2.75, 3.05) is 12.2 Å². The number of aliphatic imine (C=N–C) groups is 1. The van der Waals surface area contributed by atoms with Crippen molar-refractivity contribution in [3.63, 3.8) is 0 Å². The van der Waals surface area contributed by atoms with Crippen LogP contribution in [0.2, 0.25) is 0 Å². The molecule has 1 aromatic heterocycles. The molecule has 9 heteroatoms. The van der Waals surface area contributed by atoms with E-state index in [1.807, 2.05) is 0 Å². The molecule has 0 radical (unpaired) electrons. The van der Waals surface area contributed by atoms with E-state index >= 15 is 0 Å². The summed E-state index contributed by atoms with van der Waals surface area (Å²) in [5.41, 5.74) is 5.94. The molecule has 3 atom stereocenters. The molecule has 0 fully saturated rings. The molecule has 6 nitrogen and oxygen atoms in total. The summed E-state index contributed by atoms with van der Waals surface area (Å²) in [6.45, 7) is 2.48. The van der Waals surface area contributed by atoms with Crippen LogP contribution in [-0.2, 0) is 5.54 Å². The molecule has 2 aromatic rings. The molecule has 0 unspecified atom stereocenters. The normalized spacial score (nSPS) is 24.4. The van der Waals surface area contributed by atoms with E-state index in [4.69, 9.17) is 5.73 Å². The number of thioether (sulfide) groups is 1. The van der Waals surface area contributed by atoms with Crippen LogP contribution < -0.4 is 15.8 Å². The van der Waals surface area contributed by atoms with E-state index in [2.05, 4.69) is 20.0 Å². The second kappa shape index (κ2) is 8.14. The number of benzene rings is 1. The summed E-state index contributed by atoms with van der Waals surface area (Å²) in [7, 11) is 0. The number of nitrogens with two attached hydrogens (primary N) is 1. The molecule has 3 N–H and O–H groups in total. The van der Waals surface area contributed by atoms with Gasteiger partial charge in [0.15, 0.2) is 5.17 Å². The monoisotopic (exact) mass is 406 g/mol. The number of alkyl halides is 2. The smallest absolute Gasteiger partial charge is 0.274 e. The number of nitrogens with zero attached hydrogens (tertiary/aromatic N) is 2. The Balaban J connectivity index is 1.81. The van der Waals surface area contributed by atoms with Gasteiger partial charge >= 0.3 is 0 Å². The van der Waals surface area contributed by atoms with Crippen LogP contribution in [0.1, 0.15) is 29.9 Å². The van der Waals surface area contributed by atoms with Gasteiger partial charge in [-0.05, 0) is 43.7 Å². The first-order chi connectivity index (χ1) is 13.3. The van der Waals surface area contributed by atoms with Gasteiger partial charge in [-0.15, -0.1) is 0 Å². The molecule has 1 aliphatic heterocycles.